The van der Waals surface area contributed by atoms with Gasteiger partial charge in [-0.2, -0.15) is 0 Å². The number of pyridine rings is 1. The van der Waals surface area contributed by atoms with Crippen molar-refractivity contribution in [2.45, 2.75) is 43.2 Å². The summed E-state index contributed by atoms with van der Waals surface area (Å²) in [7, 11) is 2.55. The molecule has 0 radical (unpaired) electrons. The zero-order valence-corrected chi connectivity index (χ0v) is 24.9. The predicted molar refractivity (Wildman–Crippen MR) is 159 cm³/mol. The second-order valence-corrected chi connectivity index (χ2v) is 11.0. The Bertz CT molecular complexity index is 1680. The summed E-state index contributed by atoms with van der Waals surface area (Å²) >= 11 is 0. The molecule has 1 aliphatic rings. The Hall–Kier alpha value is -4.16. The number of hydrogen-bond donors (Lipinski definition) is 5. The number of nitrogens with two attached hydrogens (primary N) is 1. The van der Waals surface area contributed by atoms with Crippen molar-refractivity contribution in [2.75, 3.05) is 50.7 Å². The number of anilines is 2. The highest BCUT2D eigenvalue weighted by atomic mass is 19.3. The first-order chi connectivity index (χ1) is 22.0. The topological polar surface area (TPSA) is 177 Å². The van der Waals surface area contributed by atoms with Crippen molar-refractivity contribution in [1.82, 2.24) is 24.5 Å². The molecule has 6 N–H and O–H groups in total. The minimum atomic E-state index is -3.13. The zero-order chi connectivity index (χ0) is 33.2. The van der Waals surface area contributed by atoms with Gasteiger partial charge in [-0.25, -0.2) is 32.5 Å². The Morgan fingerprint density at radius 3 is 2.59 bits per heavy atom. The summed E-state index contributed by atoms with van der Waals surface area (Å²) in [5.74, 6) is -1.56. The number of ether oxygens (including phenoxy) is 2. The first-order valence-corrected chi connectivity index (χ1v) is 14.2. The molecule has 1 aromatic carbocycles. The molecule has 13 nitrogen and oxygen atoms in total. The third-order valence-corrected chi connectivity index (χ3v) is 8.08. The number of rotatable bonds is 12. The van der Waals surface area contributed by atoms with E-state index in [0.29, 0.717) is 34.8 Å². The first kappa shape index (κ1) is 33.2. The molecule has 3 aromatic heterocycles. The van der Waals surface area contributed by atoms with Crippen LogP contribution in [0.1, 0.15) is 12.0 Å². The second-order valence-electron chi connectivity index (χ2n) is 11.0. The van der Waals surface area contributed by atoms with Crippen LogP contribution in [0, 0.1) is 11.6 Å². The van der Waals surface area contributed by atoms with Gasteiger partial charge in [-0.1, -0.05) is 0 Å². The van der Waals surface area contributed by atoms with Crippen molar-refractivity contribution in [3.05, 3.63) is 54.2 Å². The molecule has 0 bridgehead atoms. The van der Waals surface area contributed by atoms with Crippen molar-refractivity contribution in [1.29, 1.82) is 0 Å². The number of aliphatic hydroxyl groups excluding tert-OH is 3. The molecule has 0 saturated carbocycles. The first-order valence-electron chi connectivity index (χ1n) is 14.2. The van der Waals surface area contributed by atoms with Crippen LogP contribution in [0.5, 0.6) is 5.75 Å². The number of halogens is 4. The fraction of sp³-hybridized carbons (Fsp3) is 0.448. The highest BCUT2D eigenvalue weighted by Crippen LogP contribution is 2.35. The number of alkyl halides is 2. The van der Waals surface area contributed by atoms with Gasteiger partial charge in [0.25, 0.3) is 6.43 Å². The van der Waals surface area contributed by atoms with Gasteiger partial charge in [-0.05, 0) is 24.1 Å². The molecule has 1 unspecified atom stereocenters. The third-order valence-electron chi connectivity index (χ3n) is 8.08. The third kappa shape index (κ3) is 6.41. The summed E-state index contributed by atoms with van der Waals surface area (Å²) in [4.78, 5) is 19.0. The number of imidazole rings is 1. The van der Waals surface area contributed by atoms with E-state index in [1.807, 2.05) is 0 Å². The molecular weight excluding hydrogens is 616 g/mol. The summed E-state index contributed by atoms with van der Waals surface area (Å²) < 4.78 is 69.2. The number of piperidine rings is 1. The Kier molecular flexibility index (Phi) is 9.88. The average Bonchev–Trinajstić information content (AvgIpc) is 3.46. The van der Waals surface area contributed by atoms with Gasteiger partial charge in [0.15, 0.2) is 23.0 Å². The second kappa shape index (κ2) is 13.7. The van der Waals surface area contributed by atoms with Gasteiger partial charge in [0.1, 0.15) is 23.8 Å². The fourth-order valence-corrected chi connectivity index (χ4v) is 5.63. The maximum Gasteiger partial charge on any atom is 0.266 e. The molecule has 1 aliphatic heterocycles. The van der Waals surface area contributed by atoms with Crippen molar-refractivity contribution >= 4 is 22.7 Å². The van der Waals surface area contributed by atoms with Gasteiger partial charge in [0.2, 0.25) is 0 Å². The lowest BCUT2D eigenvalue weighted by Gasteiger charge is -2.48. The summed E-state index contributed by atoms with van der Waals surface area (Å²) in [6, 6.07) is 3.41. The molecule has 1 saturated heterocycles. The summed E-state index contributed by atoms with van der Waals surface area (Å²) in [6.07, 6.45) is -2.86. The Balaban J connectivity index is 1.58. The number of aromatic nitrogens is 5. The molecule has 17 heteroatoms. The van der Waals surface area contributed by atoms with Crippen LogP contribution in [0.3, 0.4) is 0 Å². The lowest BCUT2D eigenvalue weighted by molar-refractivity contribution is -0.102. The molecule has 248 valence electrons. The van der Waals surface area contributed by atoms with E-state index in [-0.39, 0.29) is 43.1 Å². The molecule has 0 aliphatic carbocycles. The highest BCUT2D eigenvalue weighted by molar-refractivity contribution is 5.82. The molecule has 4 aromatic rings. The number of nitrogens with one attached hydrogen (secondary N) is 1. The maximum absolute atomic E-state index is 15.1. The van der Waals surface area contributed by atoms with Crippen molar-refractivity contribution in [3.63, 3.8) is 0 Å². The lowest BCUT2D eigenvalue weighted by Crippen LogP contribution is -2.70. The lowest BCUT2D eigenvalue weighted by atomic mass is 9.81. The minimum Gasteiger partial charge on any atom is -0.494 e. The van der Waals surface area contributed by atoms with Crippen LogP contribution >= 0.6 is 0 Å². The highest BCUT2D eigenvalue weighted by Gasteiger charge is 2.50. The van der Waals surface area contributed by atoms with E-state index in [0.717, 1.165) is 12.1 Å². The molecule has 0 spiro atoms. The van der Waals surface area contributed by atoms with Gasteiger partial charge in [-0.3, -0.25) is 4.98 Å². The molecule has 0 amide bonds. The Morgan fingerprint density at radius 2 is 1.89 bits per heavy atom. The number of methoxy groups -OCH3 is 2. The molecule has 1 fully saturated rings. The standard InChI is InChI=1S/C29H34F4N8O5/c1-45-22-7-18(30)17(6-19(22)31)20-5-15(10-41-14-39-24-27(36-8-16(43)11-42)37-13-38-28(24)41)21(9-35-20)40-4-3-23(46-2)29(34,12-40)25(44)26(32)33/h5-7,9,13-14,16,23,25-26,42-44H,3-4,8,10-12,34H2,1-2H3,(H,36,37,38)/t16-,23?,25+,29-/m0/s1. The number of nitrogens with zero attached hydrogens (tertiary/aromatic N) is 6. The van der Waals surface area contributed by atoms with Gasteiger partial charge in [-0.15, -0.1) is 0 Å². The van der Waals surface area contributed by atoms with Gasteiger partial charge in [0.05, 0.1) is 61.9 Å². The maximum atomic E-state index is 15.1. The molecule has 4 heterocycles. The number of hydrogen-bond acceptors (Lipinski definition) is 12. The number of benzene rings is 1. The van der Waals surface area contributed by atoms with Crippen molar-refractivity contribution in [2.24, 2.45) is 5.73 Å². The molecule has 4 atom stereocenters. The van der Waals surface area contributed by atoms with Gasteiger partial charge in [0, 0.05) is 38.4 Å². The van der Waals surface area contributed by atoms with Crippen LogP contribution < -0.4 is 20.7 Å². The quantitative estimate of drug-likeness (QED) is 0.140. The van der Waals surface area contributed by atoms with E-state index in [1.54, 1.807) is 9.47 Å². The van der Waals surface area contributed by atoms with Gasteiger partial charge >= 0.3 is 0 Å². The van der Waals surface area contributed by atoms with Crippen LogP contribution in [-0.4, -0.2) is 111 Å². The van der Waals surface area contributed by atoms with E-state index in [2.05, 4.69) is 25.3 Å². The molecule has 5 rings (SSSR count). The smallest absolute Gasteiger partial charge is 0.266 e. The van der Waals surface area contributed by atoms with E-state index < -0.39 is 48.5 Å². The predicted octanol–water partition coefficient (Wildman–Crippen LogP) is 1.54. The summed E-state index contributed by atoms with van der Waals surface area (Å²) in [5.41, 5.74) is 6.16. The summed E-state index contributed by atoms with van der Waals surface area (Å²) in [6.45, 7) is -0.343. The van der Waals surface area contributed by atoms with Gasteiger partial charge < -0.3 is 45.3 Å². The Morgan fingerprint density at radius 1 is 1.11 bits per heavy atom. The Labute approximate surface area is 260 Å². The van der Waals surface area contributed by atoms with Crippen LogP contribution in [0.2, 0.25) is 0 Å². The number of fused-ring (bicyclic) bond motifs is 1. The SMILES string of the molecule is COc1cc(F)c(-c2cc(Cn3cnc4c(NC[C@H](O)CO)ncnc43)c(N3CCC(OC)[C@](N)([C@H](O)C(F)F)C3)cn2)cc1F. The number of aliphatic hydroxyl groups is 3. The molecule has 46 heavy (non-hydrogen) atoms. The van der Waals surface area contributed by atoms with Crippen LogP contribution in [0.25, 0.3) is 22.4 Å². The van der Waals surface area contributed by atoms with Crippen molar-refractivity contribution in [3.8, 4) is 17.0 Å². The molecular formula is C29H34F4N8O5. The minimum absolute atomic E-state index is 0.0000561. The van der Waals surface area contributed by atoms with Crippen LogP contribution in [0.4, 0.5) is 29.1 Å². The zero-order valence-electron chi connectivity index (χ0n) is 24.9. The fourth-order valence-electron chi connectivity index (χ4n) is 5.63. The van der Waals surface area contributed by atoms with E-state index >= 15 is 4.39 Å². The van der Waals surface area contributed by atoms with Crippen LogP contribution in [0.15, 0.2) is 37.1 Å². The van der Waals surface area contributed by atoms with E-state index in [9.17, 15) is 23.4 Å². The van der Waals surface area contributed by atoms with Crippen LogP contribution in [-0.2, 0) is 11.3 Å². The normalized spacial score (nSPS) is 19.9. The average molecular weight is 651 g/mol. The van der Waals surface area contributed by atoms with Crippen molar-refractivity contribution < 1.29 is 42.4 Å². The largest absolute Gasteiger partial charge is 0.494 e. The monoisotopic (exact) mass is 650 g/mol. The van der Waals surface area contributed by atoms with E-state index in [4.69, 9.17) is 20.3 Å². The summed E-state index contributed by atoms with van der Waals surface area (Å²) in [5, 5.41) is 32.2. The van der Waals surface area contributed by atoms with E-state index in [1.165, 1.54) is 39.1 Å².